The van der Waals surface area contributed by atoms with Crippen molar-refractivity contribution in [1.82, 2.24) is 5.32 Å². The van der Waals surface area contributed by atoms with E-state index in [4.69, 9.17) is 4.74 Å². The van der Waals surface area contributed by atoms with E-state index in [0.29, 0.717) is 6.04 Å². The molecule has 0 radical (unpaired) electrons. The second-order valence-electron chi connectivity index (χ2n) is 4.84. The van der Waals surface area contributed by atoms with E-state index >= 15 is 0 Å². The largest absolute Gasteiger partial charge is 0.379 e. The summed E-state index contributed by atoms with van der Waals surface area (Å²) >= 11 is 0. The number of methoxy groups -OCH3 is 1. The molecule has 16 heavy (non-hydrogen) atoms. The van der Waals surface area contributed by atoms with Gasteiger partial charge in [-0.05, 0) is 39.3 Å². The lowest BCUT2D eigenvalue weighted by atomic mass is 9.94. The highest BCUT2D eigenvalue weighted by atomic mass is 16.5. The van der Waals surface area contributed by atoms with Crippen LogP contribution in [0, 0.1) is 0 Å². The number of ether oxygens (including phenoxy) is 1. The first kappa shape index (κ1) is 13.2. The zero-order valence-electron chi connectivity index (χ0n) is 10.8. The van der Waals surface area contributed by atoms with Gasteiger partial charge in [0.2, 0.25) is 0 Å². The normalized spacial score (nSPS) is 13.8. The van der Waals surface area contributed by atoms with Gasteiger partial charge < -0.3 is 10.1 Å². The van der Waals surface area contributed by atoms with Gasteiger partial charge in [0, 0.05) is 13.2 Å². The third-order valence-electron chi connectivity index (χ3n) is 3.02. The fraction of sp³-hybridized carbons (Fsp3) is 0.571. The van der Waals surface area contributed by atoms with E-state index in [9.17, 15) is 0 Å². The molecule has 1 unspecified atom stereocenters. The Morgan fingerprint density at radius 2 is 1.88 bits per heavy atom. The van der Waals surface area contributed by atoms with Gasteiger partial charge in [0.1, 0.15) is 0 Å². The molecule has 2 nitrogen and oxygen atoms in total. The first-order valence-electron chi connectivity index (χ1n) is 5.84. The molecule has 0 aromatic heterocycles. The van der Waals surface area contributed by atoms with Crippen LogP contribution in [0.5, 0.6) is 0 Å². The number of hydrogen-bond donors (Lipinski definition) is 1. The summed E-state index contributed by atoms with van der Waals surface area (Å²) in [6, 6.07) is 11.0. The number of likely N-dealkylation sites (N-methyl/N-ethyl adjacent to an activating group) is 1. The number of rotatable bonds is 6. The maximum atomic E-state index is 5.47. The lowest BCUT2D eigenvalue weighted by Crippen LogP contribution is -2.37. The molecule has 1 N–H and O–H groups in total. The molecule has 0 aliphatic heterocycles. The molecule has 0 fully saturated rings. The molecule has 1 rings (SSSR count). The molecule has 0 aliphatic carbocycles. The van der Waals surface area contributed by atoms with Crippen molar-refractivity contribution in [2.45, 2.75) is 38.3 Å². The third-order valence-corrected chi connectivity index (χ3v) is 3.02. The third kappa shape index (κ3) is 4.33. The number of benzene rings is 1. The number of nitrogens with one attached hydrogen (secondary N) is 1. The van der Waals surface area contributed by atoms with Crippen molar-refractivity contribution in [2.75, 3.05) is 14.2 Å². The van der Waals surface area contributed by atoms with Crippen molar-refractivity contribution < 1.29 is 4.74 Å². The van der Waals surface area contributed by atoms with Gasteiger partial charge in [-0.3, -0.25) is 0 Å². The van der Waals surface area contributed by atoms with Gasteiger partial charge in [-0.25, -0.2) is 0 Å². The van der Waals surface area contributed by atoms with E-state index in [0.717, 1.165) is 12.8 Å². The van der Waals surface area contributed by atoms with Gasteiger partial charge in [0.25, 0.3) is 0 Å². The van der Waals surface area contributed by atoms with Crippen LogP contribution in [0.2, 0.25) is 0 Å². The Balaban J connectivity index is 2.56. The molecule has 0 amide bonds. The van der Waals surface area contributed by atoms with Crippen LogP contribution in [0.3, 0.4) is 0 Å². The molecule has 90 valence electrons. The molecule has 0 bridgehead atoms. The Morgan fingerprint density at radius 3 is 2.38 bits per heavy atom. The predicted molar refractivity (Wildman–Crippen MR) is 68.7 cm³/mol. The average molecular weight is 221 g/mol. The quantitative estimate of drug-likeness (QED) is 0.797. The van der Waals surface area contributed by atoms with Gasteiger partial charge in [-0.15, -0.1) is 0 Å². The molecular formula is C14H23NO. The monoisotopic (exact) mass is 221 g/mol. The van der Waals surface area contributed by atoms with Gasteiger partial charge in [0.05, 0.1) is 5.60 Å². The average Bonchev–Trinajstić information content (AvgIpc) is 2.29. The minimum absolute atomic E-state index is 0.0670. The molecule has 1 aromatic carbocycles. The van der Waals surface area contributed by atoms with E-state index in [1.165, 1.54) is 5.56 Å². The summed E-state index contributed by atoms with van der Waals surface area (Å²) in [6.07, 6.45) is 2.05. The minimum atomic E-state index is -0.0670. The van der Waals surface area contributed by atoms with E-state index in [-0.39, 0.29) is 5.60 Å². The van der Waals surface area contributed by atoms with E-state index in [2.05, 4.69) is 49.5 Å². The van der Waals surface area contributed by atoms with E-state index in [1.807, 2.05) is 7.05 Å². The summed E-state index contributed by atoms with van der Waals surface area (Å²) in [4.78, 5) is 0. The molecule has 1 aromatic rings. The van der Waals surface area contributed by atoms with Gasteiger partial charge >= 0.3 is 0 Å². The van der Waals surface area contributed by atoms with E-state index in [1.54, 1.807) is 7.11 Å². The molecule has 0 saturated heterocycles. The smallest absolute Gasteiger partial charge is 0.0637 e. The molecule has 0 spiro atoms. The molecule has 1 atom stereocenters. The first-order chi connectivity index (χ1) is 7.57. The fourth-order valence-electron chi connectivity index (χ4n) is 1.85. The van der Waals surface area contributed by atoms with Crippen LogP contribution in [0.1, 0.15) is 25.8 Å². The zero-order valence-corrected chi connectivity index (χ0v) is 10.8. The van der Waals surface area contributed by atoms with Crippen molar-refractivity contribution in [2.24, 2.45) is 0 Å². The summed E-state index contributed by atoms with van der Waals surface area (Å²) < 4.78 is 5.47. The van der Waals surface area contributed by atoms with Crippen LogP contribution in [-0.4, -0.2) is 25.8 Å². The summed E-state index contributed by atoms with van der Waals surface area (Å²) in [5, 5.41) is 3.36. The maximum Gasteiger partial charge on any atom is 0.0637 e. The highest BCUT2D eigenvalue weighted by molar-refractivity contribution is 5.16. The van der Waals surface area contributed by atoms with Crippen molar-refractivity contribution in [3.63, 3.8) is 0 Å². The minimum Gasteiger partial charge on any atom is -0.379 e. The van der Waals surface area contributed by atoms with Gasteiger partial charge in [-0.1, -0.05) is 30.3 Å². The van der Waals surface area contributed by atoms with Crippen LogP contribution in [0.25, 0.3) is 0 Å². The highest BCUT2D eigenvalue weighted by Crippen LogP contribution is 2.17. The maximum absolute atomic E-state index is 5.47. The van der Waals surface area contributed by atoms with Crippen molar-refractivity contribution in [3.8, 4) is 0 Å². The van der Waals surface area contributed by atoms with Crippen LogP contribution in [0.4, 0.5) is 0 Å². The van der Waals surface area contributed by atoms with Crippen molar-refractivity contribution >= 4 is 0 Å². The standard InChI is InChI=1S/C14H23NO/c1-14(2,16-4)11-13(15-3)10-12-8-6-5-7-9-12/h5-9,13,15H,10-11H2,1-4H3. The lowest BCUT2D eigenvalue weighted by molar-refractivity contribution is 0.00773. The SMILES string of the molecule is CNC(Cc1ccccc1)CC(C)(C)OC. The zero-order chi connectivity index (χ0) is 12.0. The van der Waals surface area contributed by atoms with Crippen LogP contribution >= 0.6 is 0 Å². The Kier molecular flexibility index (Phi) is 4.97. The number of hydrogen-bond acceptors (Lipinski definition) is 2. The molecule has 2 heteroatoms. The fourth-order valence-corrected chi connectivity index (χ4v) is 1.85. The highest BCUT2D eigenvalue weighted by Gasteiger charge is 2.21. The summed E-state index contributed by atoms with van der Waals surface area (Å²) in [7, 11) is 3.79. The Bertz CT molecular complexity index is 295. The second-order valence-corrected chi connectivity index (χ2v) is 4.84. The Morgan fingerprint density at radius 1 is 1.25 bits per heavy atom. The summed E-state index contributed by atoms with van der Waals surface area (Å²) in [5.74, 6) is 0. The molecule has 0 saturated carbocycles. The summed E-state index contributed by atoms with van der Waals surface area (Å²) in [5.41, 5.74) is 1.30. The molecule has 0 heterocycles. The Labute approximate surface area is 99.0 Å². The van der Waals surface area contributed by atoms with Crippen LogP contribution < -0.4 is 5.32 Å². The van der Waals surface area contributed by atoms with Crippen molar-refractivity contribution in [1.29, 1.82) is 0 Å². The molecule has 0 aliphatic rings. The predicted octanol–water partition coefficient (Wildman–Crippen LogP) is 2.63. The van der Waals surface area contributed by atoms with E-state index < -0.39 is 0 Å². The van der Waals surface area contributed by atoms with Gasteiger partial charge in [-0.2, -0.15) is 0 Å². The first-order valence-corrected chi connectivity index (χ1v) is 5.84. The topological polar surface area (TPSA) is 21.3 Å². The summed E-state index contributed by atoms with van der Waals surface area (Å²) in [6.45, 7) is 4.25. The molecular weight excluding hydrogens is 198 g/mol. The lowest BCUT2D eigenvalue weighted by Gasteiger charge is -2.28. The van der Waals surface area contributed by atoms with Crippen LogP contribution in [-0.2, 0) is 11.2 Å². The van der Waals surface area contributed by atoms with Crippen molar-refractivity contribution in [3.05, 3.63) is 35.9 Å². The second kappa shape index (κ2) is 6.02. The van der Waals surface area contributed by atoms with Gasteiger partial charge in [0.15, 0.2) is 0 Å². The van der Waals surface area contributed by atoms with Crippen LogP contribution in [0.15, 0.2) is 30.3 Å². The Hall–Kier alpha value is -0.860.